The Morgan fingerprint density at radius 1 is 1.37 bits per heavy atom. The van der Waals surface area contributed by atoms with Crippen LogP contribution in [0, 0.1) is 5.92 Å². The zero-order valence-corrected chi connectivity index (χ0v) is 13.5. The number of hydrogen-bond acceptors (Lipinski definition) is 2. The zero-order chi connectivity index (χ0) is 14.0. The summed E-state index contributed by atoms with van der Waals surface area (Å²) in [5.74, 6) is 0.385. The lowest BCUT2D eigenvalue weighted by Crippen LogP contribution is -2.34. The highest BCUT2D eigenvalue weighted by atomic mass is 35.5. The molecule has 5 heteroatoms. The molecule has 106 valence electrons. The fraction of sp³-hybridized carbons (Fsp3) is 0.571. The topological polar surface area (TPSA) is 29.1 Å². The average Bonchev–Trinajstić information content (AvgIpc) is 2.74. The molecule has 0 spiro atoms. The van der Waals surface area contributed by atoms with Crippen LogP contribution in [-0.4, -0.2) is 22.0 Å². The molecular formula is C14H19Cl2NOS. The van der Waals surface area contributed by atoms with Gasteiger partial charge in [0.15, 0.2) is 0 Å². The molecule has 4 unspecified atom stereocenters. The van der Waals surface area contributed by atoms with Gasteiger partial charge >= 0.3 is 0 Å². The van der Waals surface area contributed by atoms with Gasteiger partial charge < -0.3 is 5.32 Å². The normalized spacial score (nSPS) is 28.5. The Kier molecular flexibility index (Phi) is 5.29. The zero-order valence-electron chi connectivity index (χ0n) is 11.2. The van der Waals surface area contributed by atoms with Crippen molar-refractivity contribution in [1.82, 2.24) is 5.32 Å². The van der Waals surface area contributed by atoms with Crippen LogP contribution >= 0.6 is 23.2 Å². The number of rotatable bonds is 4. The van der Waals surface area contributed by atoms with Gasteiger partial charge in [-0.3, -0.25) is 4.21 Å². The molecule has 0 amide bonds. The van der Waals surface area contributed by atoms with Crippen LogP contribution in [0.3, 0.4) is 0 Å². The van der Waals surface area contributed by atoms with E-state index in [9.17, 15) is 4.21 Å². The van der Waals surface area contributed by atoms with E-state index in [0.29, 0.717) is 26.9 Å². The van der Waals surface area contributed by atoms with E-state index in [2.05, 4.69) is 19.2 Å². The Balaban J connectivity index is 2.18. The van der Waals surface area contributed by atoms with Gasteiger partial charge in [-0.2, -0.15) is 0 Å². The molecule has 0 radical (unpaired) electrons. The van der Waals surface area contributed by atoms with Gasteiger partial charge in [-0.25, -0.2) is 0 Å². The maximum absolute atomic E-state index is 12.7. The third-order valence-electron chi connectivity index (χ3n) is 3.83. The first-order valence-corrected chi connectivity index (χ1v) is 8.60. The summed E-state index contributed by atoms with van der Waals surface area (Å²) in [6.45, 7) is 5.22. The van der Waals surface area contributed by atoms with Crippen molar-refractivity contribution < 1.29 is 4.21 Å². The Hall–Kier alpha value is -0.0900. The van der Waals surface area contributed by atoms with Crippen molar-refractivity contribution in [2.24, 2.45) is 5.92 Å². The van der Waals surface area contributed by atoms with Gasteiger partial charge in [0.2, 0.25) is 0 Å². The molecule has 0 aromatic heterocycles. The van der Waals surface area contributed by atoms with E-state index >= 15 is 0 Å². The van der Waals surface area contributed by atoms with Crippen LogP contribution in [0.5, 0.6) is 0 Å². The summed E-state index contributed by atoms with van der Waals surface area (Å²) in [6.07, 6.45) is 2.04. The molecular weight excluding hydrogens is 301 g/mol. The quantitative estimate of drug-likeness (QED) is 0.912. The van der Waals surface area contributed by atoms with E-state index in [4.69, 9.17) is 23.2 Å². The molecule has 4 atom stereocenters. The molecule has 2 rings (SSSR count). The predicted molar refractivity (Wildman–Crippen MR) is 82.5 cm³/mol. The van der Waals surface area contributed by atoms with E-state index < -0.39 is 10.8 Å². The molecule has 0 bridgehead atoms. The minimum absolute atomic E-state index is 0.153. The van der Waals surface area contributed by atoms with Crippen LogP contribution in [0.2, 0.25) is 10.0 Å². The largest absolute Gasteiger partial charge is 0.314 e. The van der Waals surface area contributed by atoms with E-state index in [1.165, 1.54) is 0 Å². The second-order valence-electron chi connectivity index (χ2n) is 5.01. The first-order chi connectivity index (χ1) is 9.04. The number of nitrogens with one attached hydrogen (secondary N) is 1. The highest BCUT2D eigenvalue weighted by Gasteiger charge is 2.37. The Morgan fingerprint density at radius 2 is 2.11 bits per heavy atom. The van der Waals surface area contributed by atoms with E-state index in [-0.39, 0.29) is 5.25 Å². The van der Waals surface area contributed by atoms with Crippen molar-refractivity contribution in [3.05, 3.63) is 28.2 Å². The fourth-order valence-electron chi connectivity index (χ4n) is 2.78. The maximum Gasteiger partial charge on any atom is 0.0592 e. The second-order valence-corrected chi connectivity index (χ2v) is 7.50. The van der Waals surface area contributed by atoms with Crippen molar-refractivity contribution in [2.75, 3.05) is 6.54 Å². The smallest absolute Gasteiger partial charge is 0.0592 e. The summed E-state index contributed by atoms with van der Waals surface area (Å²) in [5.41, 5.74) is 0. The van der Waals surface area contributed by atoms with Crippen molar-refractivity contribution in [3.8, 4) is 0 Å². The summed E-state index contributed by atoms with van der Waals surface area (Å²) < 4.78 is 12.7. The van der Waals surface area contributed by atoms with Gasteiger partial charge in [-0.15, -0.1) is 0 Å². The summed E-state index contributed by atoms with van der Waals surface area (Å²) in [4.78, 5) is 0.670. The monoisotopic (exact) mass is 319 g/mol. The Morgan fingerprint density at radius 3 is 2.79 bits per heavy atom. The average molecular weight is 320 g/mol. The second kappa shape index (κ2) is 6.57. The van der Waals surface area contributed by atoms with Crippen molar-refractivity contribution in [3.63, 3.8) is 0 Å². The van der Waals surface area contributed by atoms with Gasteiger partial charge in [0, 0.05) is 16.3 Å². The molecule has 1 aromatic rings. The third kappa shape index (κ3) is 3.33. The third-order valence-corrected chi connectivity index (χ3v) is 6.50. The van der Waals surface area contributed by atoms with Crippen molar-refractivity contribution in [1.29, 1.82) is 0 Å². The van der Waals surface area contributed by atoms with Gasteiger partial charge in [0.05, 0.1) is 20.7 Å². The Bertz CT molecular complexity index is 481. The lowest BCUT2D eigenvalue weighted by Gasteiger charge is -2.21. The van der Waals surface area contributed by atoms with Crippen LogP contribution in [-0.2, 0) is 10.8 Å². The van der Waals surface area contributed by atoms with E-state index in [1.54, 1.807) is 18.2 Å². The Labute approximate surface area is 127 Å². The maximum atomic E-state index is 12.7. The molecule has 1 fully saturated rings. The van der Waals surface area contributed by atoms with Crippen molar-refractivity contribution >= 4 is 34.0 Å². The van der Waals surface area contributed by atoms with E-state index in [0.717, 1.165) is 19.4 Å². The predicted octanol–water partition coefficient (Wildman–Crippen LogP) is 3.88. The molecule has 1 saturated carbocycles. The minimum Gasteiger partial charge on any atom is -0.314 e. The van der Waals surface area contributed by atoms with Gasteiger partial charge in [-0.05, 0) is 43.5 Å². The van der Waals surface area contributed by atoms with Crippen LogP contribution in [0.15, 0.2) is 23.1 Å². The van der Waals surface area contributed by atoms with E-state index in [1.807, 2.05) is 0 Å². The SMILES string of the molecule is CCNC1CCC(S(=O)c2cc(Cl)ccc2Cl)C1C. The molecule has 0 heterocycles. The molecule has 0 saturated heterocycles. The lowest BCUT2D eigenvalue weighted by atomic mass is 10.1. The van der Waals surface area contributed by atoms with Crippen LogP contribution < -0.4 is 5.32 Å². The summed E-state index contributed by atoms with van der Waals surface area (Å²) in [5, 5.41) is 4.74. The van der Waals surface area contributed by atoms with Gasteiger partial charge in [-0.1, -0.05) is 37.0 Å². The summed E-state index contributed by atoms with van der Waals surface area (Å²) in [6, 6.07) is 5.63. The molecule has 0 aliphatic heterocycles. The highest BCUT2D eigenvalue weighted by Crippen LogP contribution is 2.35. The standard InChI is InChI=1S/C14H19Cl2NOS/c1-3-17-12-6-7-13(9(12)2)19(18)14-8-10(15)4-5-11(14)16/h4-5,8-9,12-13,17H,3,6-7H2,1-2H3. The highest BCUT2D eigenvalue weighted by molar-refractivity contribution is 7.85. The molecule has 2 nitrogen and oxygen atoms in total. The molecule has 1 aliphatic carbocycles. The molecule has 1 aromatic carbocycles. The van der Waals surface area contributed by atoms with Crippen LogP contribution in [0.25, 0.3) is 0 Å². The first kappa shape index (κ1) is 15.3. The summed E-state index contributed by atoms with van der Waals surface area (Å²) >= 11 is 12.1. The van der Waals surface area contributed by atoms with Crippen molar-refractivity contribution in [2.45, 2.75) is 42.9 Å². The van der Waals surface area contributed by atoms with Gasteiger partial charge in [0.1, 0.15) is 0 Å². The first-order valence-electron chi connectivity index (χ1n) is 6.63. The number of hydrogen-bond donors (Lipinski definition) is 1. The van der Waals surface area contributed by atoms with Crippen LogP contribution in [0.1, 0.15) is 26.7 Å². The van der Waals surface area contributed by atoms with Gasteiger partial charge in [0.25, 0.3) is 0 Å². The summed E-state index contributed by atoms with van der Waals surface area (Å²) in [7, 11) is -1.09. The minimum atomic E-state index is -1.09. The van der Waals surface area contributed by atoms with Crippen LogP contribution in [0.4, 0.5) is 0 Å². The molecule has 1 aliphatic rings. The lowest BCUT2D eigenvalue weighted by molar-refractivity contribution is 0.438. The molecule has 19 heavy (non-hydrogen) atoms. The number of halogens is 2. The number of benzene rings is 1. The fourth-order valence-corrected chi connectivity index (χ4v) is 5.12. The molecule has 1 N–H and O–H groups in total.